The van der Waals surface area contributed by atoms with Crippen LogP contribution in [0.4, 0.5) is 0 Å². The first kappa shape index (κ1) is 13.1. The number of aryl methyl sites for hydroxylation is 1. The van der Waals surface area contributed by atoms with Crippen molar-refractivity contribution in [3.8, 4) is 0 Å². The molecule has 2 N–H and O–H groups in total. The molecule has 0 radical (unpaired) electrons. The lowest BCUT2D eigenvalue weighted by molar-refractivity contribution is -0.120. The number of carbonyl (C=O) groups excluding carboxylic acids is 1. The zero-order valence-corrected chi connectivity index (χ0v) is 10.7. The number of hydrogen-bond donors (Lipinski definition) is 2. The summed E-state index contributed by atoms with van der Waals surface area (Å²) >= 11 is 1.65. The molecule has 1 amide bonds. The molecule has 0 aromatic carbocycles. The summed E-state index contributed by atoms with van der Waals surface area (Å²) in [6, 6.07) is 0. The molecule has 1 heterocycles. The Morgan fingerprint density at radius 2 is 2.31 bits per heavy atom. The van der Waals surface area contributed by atoms with Crippen LogP contribution in [0.2, 0.25) is 0 Å². The molecule has 0 spiro atoms. The van der Waals surface area contributed by atoms with Crippen molar-refractivity contribution in [3.63, 3.8) is 0 Å². The van der Waals surface area contributed by atoms with E-state index in [9.17, 15) is 4.79 Å². The Labute approximate surface area is 100 Å². The molecule has 4 nitrogen and oxygen atoms in total. The van der Waals surface area contributed by atoms with E-state index in [-0.39, 0.29) is 5.91 Å². The van der Waals surface area contributed by atoms with Crippen LogP contribution in [0.5, 0.6) is 0 Å². The lowest BCUT2D eigenvalue weighted by atomic mass is 10.3. The average molecular weight is 241 g/mol. The minimum Gasteiger partial charge on any atom is -0.356 e. The topological polar surface area (TPSA) is 54.0 Å². The van der Waals surface area contributed by atoms with Crippen molar-refractivity contribution < 1.29 is 4.79 Å². The van der Waals surface area contributed by atoms with Crippen LogP contribution in [0.15, 0.2) is 5.38 Å². The zero-order valence-electron chi connectivity index (χ0n) is 9.88. The number of rotatable bonds is 7. The van der Waals surface area contributed by atoms with Gasteiger partial charge in [0, 0.05) is 37.0 Å². The third-order valence-corrected chi connectivity index (χ3v) is 3.13. The first-order valence-electron chi connectivity index (χ1n) is 5.60. The smallest absolute Gasteiger partial charge is 0.221 e. The second-order valence-corrected chi connectivity index (χ2v) is 4.53. The molecule has 0 bridgehead atoms. The number of nitrogens with zero attached hydrogens (tertiary/aromatic N) is 1. The number of carbonyl (C=O) groups is 1. The van der Waals surface area contributed by atoms with Gasteiger partial charge in [0.05, 0.1) is 5.01 Å². The second kappa shape index (κ2) is 7.35. The van der Waals surface area contributed by atoms with Crippen molar-refractivity contribution in [1.82, 2.24) is 15.6 Å². The monoisotopic (exact) mass is 241 g/mol. The summed E-state index contributed by atoms with van der Waals surface area (Å²) in [7, 11) is 0. The minimum atomic E-state index is 0.106. The van der Waals surface area contributed by atoms with Crippen molar-refractivity contribution >= 4 is 17.2 Å². The van der Waals surface area contributed by atoms with Gasteiger partial charge in [0.25, 0.3) is 0 Å². The maximum absolute atomic E-state index is 11.3. The van der Waals surface area contributed by atoms with E-state index in [1.54, 1.807) is 11.3 Å². The van der Waals surface area contributed by atoms with Crippen LogP contribution < -0.4 is 10.6 Å². The maximum atomic E-state index is 11.3. The van der Waals surface area contributed by atoms with Crippen LogP contribution in [0, 0.1) is 6.92 Å². The molecule has 90 valence electrons. The molecule has 0 saturated heterocycles. The van der Waals surface area contributed by atoms with Crippen LogP contribution in [-0.4, -0.2) is 30.5 Å². The predicted molar refractivity (Wildman–Crippen MR) is 66.7 cm³/mol. The highest BCUT2D eigenvalue weighted by Gasteiger charge is 2.01. The van der Waals surface area contributed by atoms with E-state index in [1.165, 1.54) is 0 Å². The summed E-state index contributed by atoms with van der Waals surface area (Å²) in [5.74, 6) is 0.106. The maximum Gasteiger partial charge on any atom is 0.221 e. The Balaban J connectivity index is 2.08. The van der Waals surface area contributed by atoms with Gasteiger partial charge in [-0.3, -0.25) is 4.79 Å². The molecule has 1 aromatic rings. The highest BCUT2D eigenvalue weighted by atomic mass is 32.1. The molecule has 16 heavy (non-hydrogen) atoms. The molecule has 1 aromatic heterocycles. The molecule has 0 aliphatic rings. The van der Waals surface area contributed by atoms with Crippen molar-refractivity contribution in [2.75, 3.05) is 19.6 Å². The molecule has 0 aliphatic carbocycles. The molecule has 5 heteroatoms. The quantitative estimate of drug-likeness (QED) is 0.703. The number of hydrogen-bond acceptors (Lipinski definition) is 4. The van der Waals surface area contributed by atoms with E-state index < -0.39 is 0 Å². The van der Waals surface area contributed by atoms with Crippen LogP contribution in [0.1, 0.15) is 24.0 Å². The Morgan fingerprint density at radius 3 is 2.94 bits per heavy atom. The highest BCUT2D eigenvalue weighted by Crippen LogP contribution is 2.08. The summed E-state index contributed by atoms with van der Waals surface area (Å²) in [4.78, 5) is 15.7. The third-order valence-electron chi connectivity index (χ3n) is 2.11. The predicted octanol–water partition coefficient (Wildman–Crippen LogP) is 1.11. The summed E-state index contributed by atoms with van der Waals surface area (Å²) in [6.07, 6.45) is 1.37. The fourth-order valence-electron chi connectivity index (χ4n) is 1.29. The lowest BCUT2D eigenvalue weighted by Gasteiger charge is -2.03. The van der Waals surface area contributed by atoms with E-state index in [0.29, 0.717) is 13.0 Å². The van der Waals surface area contributed by atoms with Crippen molar-refractivity contribution in [2.24, 2.45) is 0 Å². The van der Waals surface area contributed by atoms with E-state index >= 15 is 0 Å². The van der Waals surface area contributed by atoms with E-state index in [2.05, 4.69) is 15.6 Å². The van der Waals surface area contributed by atoms with Crippen molar-refractivity contribution in [2.45, 2.75) is 26.7 Å². The Morgan fingerprint density at radius 1 is 1.50 bits per heavy atom. The van der Waals surface area contributed by atoms with Crippen LogP contribution in [-0.2, 0) is 11.2 Å². The van der Waals surface area contributed by atoms with Gasteiger partial charge in [-0.15, -0.1) is 11.3 Å². The number of amides is 1. The van der Waals surface area contributed by atoms with Gasteiger partial charge in [0.1, 0.15) is 0 Å². The average Bonchev–Trinajstić information content (AvgIpc) is 2.65. The molecule has 0 atom stereocenters. The van der Waals surface area contributed by atoms with Crippen molar-refractivity contribution in [3.05, 3.63) is 16.1 Å². The molecular formula is C11H19N3OS. The molecule has 0 unspecified atom stereocenters. The fourth-order valence-corrected chi connectivity index (χ4v) is 2.07. The minimum absolute atomic E-state index is 0.106. The van der Waals surface area contributed by atoms with Crippen LogP contribution >= 0.6 is 11.3 Å². The van der Waals surface area contributed by atoms with Gasteiger partial charge in [-0.05, 0) is 13.5 Å². The highest BCUT2D eigenvalue weighted by molar-refractivity contribution is 7.09. The Kier molecular flexibility index (Phi) is 6.03. The van der Waals surface area contributed by atoms with Crippen LogP contribution in [0.3, 0.4) is 0 Å². The van der Waals surface area contributed by atoms with Gasteiger partial charge in [-0.2, -0.15) is 0 Å². The molecule has 0 aliphatic heterocycles. The van der Waals surface area contributed by atoms with Crippen LogP contribution in [0.25, 0.3) is 0 Å². The third kappa shape index (κ3) is 5.23. The molecule has 0 saturated carbocycles. The summed E-state index contributed by atoms with van der Waals surface area (Å²) < 4.78 is 0. The standard InChI is InChI=1S/C11H19N3OS/c1-3-12-6-4-10(15)13-7-5-11-14-9(2)8-16-11/h8,12H,3-7H2,1-2H3,(H,13,15). The summed E-state index contributed by atoms with van der Waals surface area (Å²) in [5.41, 5.74) is 1.05. The number of aromatic nitrogens is 1. The van der Waals surface area contributed by atoms with Gasteiger partial charge < -0.3 is 10.6 Å². The molecular weight excluding hydrogens is 222 g/mol. The second-order valence-electron chi connectivity index (χ2n) is 3.59. The van der Waals surface area contributed by atoms with Gasteiger partial charge in [-0.1, -0.05) is 6.92 Å². The largest absolute Gasteiger partial charge is 0.356 e. The Hall–Kier alpha value is -0.940. The van der Waals surface area contributed by atoms with Gasteiger partial charge in [0.2, 0.25) is 5.91 Å². The molecule has 1 rings (SSSR count). The fraction of sp³-hybridized carbons (Fsp3) is 0.636. The van der Waals surface area contributed by atoms with Gasteiger partial charge >= 0.3 is 0 Å². The van der Waals surface area contributed by atoms with E-state index in [1.807, 2.05) is 19.2 Å². The zero-order chi connectivity index (χ0) is 11.8. The number of nitrogens with one attached hydrogen (secondary N) is 2. The summed E-state index contributed by atoms with van der Waals surface area (Å²) in [6.45, 7) is 6.35. The number of thiazole rings is 1. The first-order chi connectivity index (χ1) is 7.72. The Bertz CT molecular complexity index is 325. The van der Waals surface area contributed by atoms with Crippen molar-refractivity contribution in [1.29, 1.82) is 0 Å². The van der Waals surface area contributed by atoms with E-state index in [0.717, 1.165) is 30.2 Å². The van der Waals surface area contributed by atoms with Gasteiger partial charge in [-0.25, -0.2) is 4.98 Å². The lowest BCUT2D eigenvalue weighted by Crippen LogP contribution is -2.29. The SMILES string of the molecule is CCNCCC(=O)NCCc1nc(C)cs1. The first-order valence-corrected chi connectivity index (χ1v) is 6.48. The van der Waals surface area contributed by atoms with Gasteiger partial charge in [0.15, 0.2) is 0 Å². The normalized spacial score (nSPS) is 10.4. The molecule has 0 fully saturated rings. The van der Waals surface area contributed by atoms with E-state index in [4.69, 9.17) is 0 Å². The summed E-state index contributed by atoms with van der Waals surface area (Å²) in [5, 5.41) is 9.12.